The van der Waals surface area contributed by atoms with Crippen molar-refractivity contribution in [3.05, 3.63) is 64.2 Å². The fourth-order valence-corrected chi connectivity index (χ4v) is 2.53. The summed E-state index contributed by atoms with van der Waals surface area (Å²) < 4.78 is 22.6. The molecule has 0 bridgehead atoms. The Kier molecular flexibility index (Phi) is 5.27. The van der Waals surface area contributed by atoms with Crippen LogP contribution in [0.4, 0.5) is 11.4 Å². The molecule has 0 saturated heterocycles. The Morgan fingerprint density at radius 3 is 2.50 bits per heavy atom. The molecule has 3 N–H and O–H groups in total. The molecule has 0 aromatic heterocycles. The quantitative estimate of drug-likeness (QED) is 0.471. The predicted octanol–water partition coefficient (Wildman–Crippen LogP) is 2.44. The summed E-state index contributed by atoms with van der Waals surface area (Å²) in [6.45, 7) is 1.93. The monoisotopic (exact) mass is 348 g/mol. The predicted molar refractivity (Wildman–Crippen MR) is 91.4 cm³/mol. The fraction of sp³-hybridized carbons (Fsp3) is 0.133. The first kappa shape index (κ1) is 17.6. The summed E-state index contributed by atoms with van der Waals surface area (Å²) in [6, 6.07) is 12.9. The number of nitro benzene ring substituents is 1. The van der Waals surface area contributed by atoms with E-state index in [0.717, 1.165) is 11.6 Å². The van der Waals surface area contributed by atoms with Crippen molar-refractivity contribution in [1.82, 2.24) is 0 Å². The van der Waals surface area contributed by atoms with Gasteiger partial charge in [0.2, 0.25) is 10.0 Å². The highest BCUT2D eigenvalue weighted by atomic mass is 32.2. The summed E-state index contributed by atoms with van der Waals surface area (Å²) >= 11 is 0. The maximum absolute atomic E-state index is 11.3. The first-order valence-corrected chi connectivity index (χ1v) is 8.49. The van der Waals surface area contributed by atoms with Gasteiger partial charge in [0.15, 0.2) is 0 Å². The SMILES string of the molecule is CC(C=NNc1ccc(S(N)(=O)=O)cc1[N+](=O)[O-])c1ccccc1. The molecule has 2 rings (SSSR count). The third-order valence-corrected chi connectivity index (χ3v) is 4.21. The molecular weight excluding hydrogens is 332 g/mol. The van der Waals surface area contributed by atoms with Crippen molar-refractivity contribution in [2.45, 2.75) is 17.7 Å². The Balaban J connectivity index is 2.20. The van der Waals surface area contributed by atoms with Crippen molar-refractivity contribution in [3.8, 4) is 0 Å². The zero-order valence-corrected chi connectivity index (χ0v) is 13.6. The molecule has 0 saturated carbocycles. The van der Waals surface area contributed by atoms with Crippen molar-refractivity contribution in [2.75, 3.05) is 5.43 Å². The molecule has 9 heteroatoms. The van der Waals surface area contributed by atoms with E-state index in [0.29, 0.717) is 0 Å². The standard InChI is InChI=1S/C15H16N4O4S/c1-11(12-5-3-2-4-6-12)10-17-18-14-8-7-13(24(16,22)23)9-15(14)19(20)21/h2-11,18H,1H3,(H2,16,22,23). The average molecular weight is 348 g/mol. The Labute approximate surface area is 139 Å². The Morgan fingerprint density at radius 2 is 1.92 bits per heavy atom. The highest BCUT2D eigenvalue weighted by Gasteiger charge is 2.18. The number of primary sulfonamides is 1. The second-order valence-electron chi connectivity index (χ2n) is 5.07. The van der Waals surface area contributed by atoms with Gasteiger partial charge in [-0.3, -0.25) is 15.5 Å². The highest BCUT2D eigenvalue weighted by Crippen LogP contribution is 2.27. The van der Waals surface area contributed by atoms with Gasteiger partial charge in [0.05, 0.1) is 9.82 Å². The van der Waals surface area contributed by atoms with Gasteiger partial charge in [0.1, 0.15) is 5.69 Å². The molecule has 0 aliphatic heterocycles. The number of hydrogen-bond donors (Lipinski definition) is 2. The maximum atomic E-state index is 11.3. The van der Waals surface area contributed by atoms with Crippen molar-refractivity contribution >= 4 is 27.6 Å². The molecule has 2 aromatic rings. The van der Waals surface area contributed by atoms with Gasteiger partial charge in [-0.1, -0.05) is 37.3 Å². The van der Waals surface area contributed by atoms with Crippen molar-refractivity contribution in [1.29, 1.82) is 0 Å². The van der Waals surface area contributed by atoms with Crippen LogP contribution in [-0.4, -0.2) is 19.6 Å². The lowest BCUT2D eigenvalue weighted by Crippen LogP contribution is -2.12. The number of nitro groups is 1. The van der Waals surface area contributed by atoms with Crippen molar-refractivity contribution in [3.63, 3.8) is 0 Å². The number of anilines is 1. The molecule has 2 aromatic carbocycles. The van der Waals surface area contributed by atoms with Crippen LogP contribution in [0.1, 0.15) is 18.4 Å². The molecule has 0 aliphatic carbocycles. The second-order valence-corrected chi connectivity index (χ2v) is 6.63. The second kappa shape index (κ2) is 7.20. The van der Waals surface area contributed by atoms with Crippen LogP contribution in [-0.2, 0) is 10.0 Å². The number of nitrogens with one attached hydrogen (secondary N) is 1. The van der Waals surface area contributed by atoms with Crippen LogP contribution in [0.25, 0.3) is 0 Å². The van der Waals surface area contributed by atoms with E-state index in [1.807, 2.05) is 37.3 Å². The lowest BCUT2D eigenvalue weighted by atomic mass is 10.0. The summed E-state index contributed by atoms with van der Waals surface area (Å²) in [5, 5.41) is 20.1. The van der Waals surface area contributed by atoms with E-state index in [2.05, 4.69) is 10.5 Å². The van der Waals surface area contributed by atoms with Crippen LogP contribution in [0, 0.1) is 10.1 Å². The summed E-state index contributed by atoms with van der Waals surface area (Å²) in [5.41, 5.74) is 3.26. The summed E-state index contributed by atoms with van der Waals surface area (Å²) in [7, 11) is -4.02. The molecular formula is C15H16N4O4S. The van der Waals surface area contributed by atoms with E-state index >= 15 is 0 Å². The molecule has 1 unspecified atom stereocenters. The topological polar surface area (TPSA) is 128 Å². The minimum absolute atomic E-state index is 0.00134. The van der Waals surface area contributed by atoms with Crippen molar-refractivity contribution < 1.29 is 13.3 Å². The molecule has 24 heavy (non-hydrogen) atoms. The number of hydrazone groups is 1. The van der Waals surface area contributed by atoms with Gasteiger partial charge in [-0.05, 0) is 17.7 Å². The van der Waals surface area contributed by atoms with Crippen LogP contribution < -0.4 is 10.6 Å². The summed E-state index contributed by atoms with van der Waals surface area (Å²) in [4.78, 5) is 10.1. The van der Waals surface area contributed by atoms with E-state index < -0.39 is 20.6 Å². The Bertz CT molecular complexity index is 866. The minimum atomic E-state index is -4.02. The van der Waals surface area contributed by atoms with E-state index in [1.165, 1.54) is 12.1 Å². The van der Waals surface area contributed by atoms with Gasteiger partial charge in [0, 0.05) is 18.2 Å². The third kappa shape index (κ3) is 4.37. The normalized spacial score (nSPS) is 12.9. The zero-order chi connectivity index (χ0) is 17.7. The van der Waals surface area contributed by atoms with E-state index in [1.54, 1.807) is 6.21 Å². The Hall–Kier alpha value is -2.78. The van der Waals surface area contributed by atoms with Gasteiger partial charge >= 0.3 is 0 Å². The van der Waals surface area contributed by atoms with Crippen LogP contribution in [0.2, 0.25) is 0 Å². The first-order chi connectivity index (χ1) is 11.3. The molecule has 0 amide bonds. The van der Waals surface area contributed by atoms with Gasteiger partial charge in [-0.2, -0.15) is 5.10 Å². The molecule has 0 spiro atoms. The summed E-state index contributed by atoms with van der Waals surface area (Å²) in [6.07, 6.45) is 1.60. The van der Waals surface area contributed by atoms with E-state index in [-0.39, 0.29) is 16.5 Å². The van der Waals surface area contributed by atoms with Crippen molar-refractivity contribution in [2.24, 2.45) is 10.2 Å². The number of nitrogens with two attached hydrogens (primary N) is 1. The van der Waals surface area contributed by atoms with Crippen LogP contribution in [0.3, 0.4) is 0 Å². The van der Waals surface area contributed by atoms with Gasteiger partial charge in [-0.15, -0.1) is 0 Å². The zero-order valence-electron chi connectivity index (χ0n) is 12.8. The summed E-state index contributed by atoms with van der Waals surface area (Å²) in [5.74, 6) is 0.00134. The molecule has 0 aliphatic rings. The molecule has 0 fully saturated rings. The van der Waals surface area contributed by atoms with Crippen LogP contribution in [0.15, 0.2) is 58.5 Å². The third-order valence-electron chi connectivity index (χ3n) is 3.30. The van der Waals surface area contributed by atoms with E-state index in [9.17, 15) is 18.5 Å². The van der Waals surface area contributed by atoms with Crippen LogP contribution in [0.5, 0.6) is 0 Å². The van der Waals surface area contributed by atoms with Crippen LogP contribution >= 0.6 is 0 Å². The van der Waals surface area contributed by atoms with Gasteiger partial charge < -0.3 is 0 Å². The lowest BCUT2D eigenvalue weighted by molar-refractivity contribution is -0.384. The molecule has 8 nitrogen and oxygen atoms in total. The maximum Gasteiger partial charge on any atom is 0.295 e. The van der Waals surface area contributed by atoms with E-state index in [4.69, 9.17) is 5.14 Å². The average Bonchev–Trinajstić information content (AvgIpc) is 2.54. The molecule has 0 heterocycles. The molecule has 0 radical (unpaired) electrons. The largest absolute Gasteiger partial charge is 0.295 e. The molecule has 1 atom stereocenters. The lowest BCUT2D eigenvalue weighted by Gasteiger charge is -2.07. The fourth-order valence-electron chi connectivity index (χ4n) is 2.00. The first-order valence-electron chi connectivity index (χ1n) is 6.94. The number of benzene rings is 2. The number of rotatable bonds is 6. The number of sulfonamides is 1. The van der Waals surface area contributed by atoms with Gasteiger partial charge in [-0.25, -0.2) is 13.6 Å². The number of nitrogens with zero attached hydrogens (tertiary/aromatic N) is 2. The smallest absolute Gasteiger partial charge is 0.272 e. The van der Waals surface area contributed by atoms with Gasteiger partial charge in [0.25, 0.3) is 5.69 Å². The Morgan fingerprint density at radius 1 is 1.25 bits per heavy atom. The minimum Gasteiger partial charge on any atom is -0.272 e. The molecule has 126 valence electrons. The highest BCUT2D eigenvalue weighted by molar-refractivity contribution is 7.89. The number of hydrogen-bond acceptors (Lipinski definition) is 6.